The van der Waals surface area contributed by atoms with Gasteiger partial charge in [-0.05, 0) is 216 Å². The number of H-pyrrole nitrogens is 2. The zero-order valence-electron chi connectivity index (χ0n) is 68.9. The average Bonchev–Trinajstić information content (AvgIpc) is 1.64. The van der Waals surface area contributed by atoms with Gasteiger partial charge in [-0.3, -0.25) is 14.9 Å². The Morgan fingerprint density at radius 1 is 0.437 bits per heavy atom. The summed E-state index contributed by atoms with van der Waals surface area (Å²) in [5, 5.41) is 30.2. The fourth-order valence-electron chi connectivity index (χ4n) is 13.1. The molecule has 0 aliphatic carbocycles. The lowest BCUT2D eigenvalue weighted by Crippen LogP contribution is -2.21. The number of nitrogens with zero attached hydrogens (tertiary/aromatic N) is 12. The third-order valence-electron chi connectivity index (χ3n) is 18.4. The monoisotopic (exact) mass is 1610 g/mol. The largest absolute Gasteiger partial charge is 0.490 e. The summed E-state index contributed by atoms with van der Waals surface area (Å²) in [4.78, 5) is 49.4. The first kappa shape index (κ1) is 84.9. The second-order valence-corrected chi connectivity index (χ2v) is 26.9. The van der Waals surface area contributed by atoms with E-state index < -0.39 is 5.97 Å². The summed E-state index contributed by atoms with van der Waals surface area (Å²) in [6, 6.07) is 45.9. The second kappa shape index (κ2) is 41.9. The van der Waals surface area contributed by atoms with Crippen LogP contribution >= 0.6 is 0 Å². The number of aryl methyl sites for hydroxylation is 1. The minimum absolute atomic E-state index is 0.117. The minimum atomic E-state index is -0.485. The van der Waals surface area contributed by atoms with Gasteiger partial charge in [0.1, 0.15) is 5.69 Å². The molecule has 8 aromatic heterocycles. The number of aromatic amines is 2. The molecule has 15 rings (SSSR count). The van der Waals surface area contributed by atoms with Gasteiger partial charge >= 0.3 is 5.97 Å². The average molecular weight is 1620 g/mol. The number of likely N-dealkylation sites (N-methyl/N-ethyl adjacent to an activating group) is 1. The number of nitrogens with one attached hydrogen (secondary N) is 2. The number of hydrogen-bond donors (Lipinski definition) is 3. The molecule has 618 valence electrons. The maximum absolute atomic E-state index is 11.7. The van der Waals surface area contributed by atoms with Crippen molar-refractivity contribution in [1.82, 2.24) is 70.3 Å². The van der Waals surface area contributed by atoms with E-state index in [0.29, 0.717) is 181 Å². The number of benzene rings is 7. The van der Waals surface area contributed by atoms with Crippen molar-refractivity contribution in [2.75, 3.05) is 101 Å². The predicted molar refractivity (Wildman–Crippen MR) is 453 cm³/mol. The third-order valence-corrected chi connectivity index (χ3v) is 18.4. The number of methoxy groups -OCH3 is 1. The molecule has 7 aromatic carbocycles. The molecule has 29 nitrogen and oxygen atoms in total. The molecule has 0 fully saturated rings. The smallest absolute Gasteiger partial charge is 0.339 e. The predicted octanol–water partition coefficient (Wildman–Crippen LogP) is 17.8. The first-order valence-electron chi connectivity index (χ1n) is 39.7. The van der Waals surface area contributed by atoms with Gasteiger partial charge in [0.25, 0.3) is 23.6 Å². The molecule has 0 radical (unpaired) electrons. The first-order chi connectivity index (χ1) is 58.2. The Bertz CT molecular complexity index is 5790. The number of rotatable bonds is 34. The molecule has 119 heavy (non-hydrogen) atoms. The molecule has 0 saturated heterocycles. The van der Waals surface area contributed by atoms with Crippen LogP contribution in [0.3, 0.4) is 0 Å². The SMILES string of the molecule is CCOc1ccc(-c2nc(-c3cccc4[nH]cc(CCCCN(C)C)c34)no2)cc1OCC.CCOc1ccc(-c2nc(-c3cccc4[nH]cc(CN(C)CCO)c34)no2)cc1OCC.CCOc1ccc(-c2nc(-c3cncc(C(=O)OC)c3)no2)cc1OCC.CCOc1ccc(-c2nc(-c3nccc4ccccc34)no2)cc1OCC. The maximum Gasteiger partial charge on any atom is 0.339 e. The molecule has 0 bridgehead atoms. The number of pyridine rings is 2. The van der Waals surface area contributed by atoms with Crippen molar-refractivity contribution in [3.8, 4) is 137 Å². The Kier molecular flexibility index (Phi) is 29.9. The molecular formula is C90H98N14O15. The number of carbonyl (C=O) groups is 1. The van der Waals surface area contributed by atoms with Gasteiger partial charge in [0.2, 0.25) is 23.3 Å². The van der Waals surface area contributed by atoms with E-state index in [1.54, 1.807) is 30.6 Å². The van der Waals surface area contributed by atoms with Gasteiger partial charge in [-0.2, -0.15) is 19.9 Å². The lowest BCUT2D eigenvalue weighted by atomic mass is 10.0. The Morgan fingerprint density at radius 3 is 1.33 bits per heavy atom. The van der Waals surface area contributed by atoms with Crippen LogP contribution in [-0.2, 0) is 17.7 Å². The molecule has 0 saturated carbocycles. The molecule has 29 heteroatoms. The van der Waals surface area contributed by atoms with E-state index >= 15 is 0 Å². The summed E-state index contributed by atoms with van der Waals surface area (Å²) >= 11 is 0. The van der Waals surface area contributed by atoms with E-state index in [1.807, 2.05) is 184 Å². The van der Waals surface area contributed by atoms with Crippen LogP contribution in [0, 0.1) is 0 Å². The number of ether oxygens (including phenoxy) is 9. The number of aliphatic hydroxyl groups excluding tert-OH is 1. The minimum Gasteiger partial charge on any atom is -0.490 e. The molecule has 0 spiro atoms. The first-order valence-corrected chi connectivity index (χ1v) is 39.7. The van der Waals surface area contributed by atoms with Crippen LogP contribution in [0.25, 0.3) is 124 Å². The van der Waals surface area contributed by atoms with Crippen molar-refractivity contribution in [2.45, 2.75) is 81.2 Å². The fourth-order valence-corrected chi connectivity index (χ4v) is 13.1. The van der Waals surface area contributed by atoms with E-state index in [0.717, 1.165) is 91.8 Å². The van der Waals surface area contributed by atoms with Crippen LogP contribution < -0.4 is 37.9 Å². The van der Waals surface area contributed by atoms with Gasteiger partial charge in [-0.1, -0.05) is 69.2 Å². The van der Waals surface area contributed by atoms with E-state index in [1.165, 1.54) is 18.9 Å². The molecule has 15 aromatic rings. The highest BCUT2D eigenvalue weighted by atomic mass is 16.5. The van der Waals surface area contributed by atoms with Gasteiger partial charge in [-0.15, -0.1) is 0 Å². The lowest BCUT2D eigenvalue weighted by Gasteiger charge is -2.14. The van der Waals surface area contributed by atoms with E-state index in [4.69, 9.17) is 65.7 Å². The number of unbranched alkanes of at least 4 members (excludes halogenated alkanes) is 1. The topological polar surface area (TPSA) is 340 Å². The molecule has 3 N–H and O–H groups in total. The molecule has 0 unspecified atom stereocenters. The summed E-state index contributed by atoms with van der Waals surface area (Å²) in [7, 11) is 7.51. The molecular weight excluding hydrogens is 1520 g/mol. The highest BCUT2D eigenvalue weighted by molar-refractivity contribution is 5.98. The van der Waals surface area contributed by atoms with Crippen LogP contribution in [0.4, 0.5) is 0 Å². The Labute approximate surface area is 688 Å². The molecule has 8 heterocycles. The van der Waals surface area contributed by atoms with Crippen molar-refractivity contribution < 1.29 is 70.6 Å². The number of aromatic nitrogens is 12. The van der Waals surface area contributed by atoms with Crippen molar-refractivity contribution in [1.29, 1.82) is 0 Å². The van der Waals surface area contributed by atoms with Crippen molar-refractivity contribution in [2.24, 2.45) is 0 Å². The summed E-state index contributed by atoms with van der Waals surface area (Å²) in [6.45, 7) is 22.3. The number of esters is 1. The van der Waals surface area contributed by atoms with Crippen molar-refractivity contribution in [3.05, 3.63) is 193 Å². The lowest BCUT2D eigenvalue weighted by molar-refractivity contribution is 0.0600. The number of aliphatic hydroxyl groups is 1. The zero-order valence-corrected chi connectivity index (χ0v) is 68.9. The number of fused-ring (bicyclic) bond motifs is 3. The Hall–Kier alpha value is -13.5. The fraction of sp³-hybridized carbons (Fsp3) is 0.300. The van der Waals surface area contributed by atoms with Crippen LogP contribution in [0.2, 0.25) is 0 Å². The van der Waals surface area contributed by atoms with Gasteiger partial charge in [-0.25, -0.2) is 4.79 Å². The summed E-state index contributed by atoms with van der Waals surface area (Å²) in [5.74, 6) is 8.28. The summed E-state index contributed by atoms with van der Waals surface area (Å²) < 4.78 is 72.0. The second-order valence-electron chi connectivity index (χ2n) is 26.9. The third kappa shape index (κ3) is 21.2. The van der Waals surface area contributed by atoms with Crippen molar-refractivity contribution in [3.63, 3.8) is 0 Å². The zero-order chi connectivity index (χ0) is 83.6. The van der Waals surface area contributed by atoms with Crippen LogP contribution in [0.15, 0.2) is 195 Å². The van der Waals surface area contributed by atoms with E-state index in [-0.39, 0.29) is 6.61 Å². The highest BCUT2D eigenvalue weighted by Crippen LogP contribution is 2.40. The molecule has 0 atom stereocenters. The standard InChI is InChI=1S/C26H32N4O3.C24H28N4O4.C21H19N3O3.C19H19N3O5/c1-5-31-22-14-13-18(16-23(22)32-6-2)26-28-25(29-33-26)20-11-9-12-21-24(20)19(17-27-21)10-7-8-15-30(3)4;1-4-30-20-10-9-16(13-21(20)31-5-2)24-26-23(27-32-24)18-7-6-8-19-22(18)17(14-25-19)15-28(3)11-12-29;1-3-25-17-10-9-15(13-18(17)26-4-2)21-23-20(24-27-21)19-16-8-6-5-7-14(16)11-12-22-19;1-4-25-15-7-6-12(9-16(15)26-5-2)18-21-17(22-27-18)13-8-14(11-20-10-13)19(23)24-3/h9,11-14,16-17,27H,5-8,10,15H2,1-4H3;6-10,13-14,25,29H,4-5,11-12,15H2,1-3H3;5-13H,3-4H2,1-2H3;6-11H,4-5H2,1-3H3. The Balaban J connectivity index is 0.000000146. The quantitative estimate of drug-likeness (QED) is 0.0249. The van der Waals surface area contributed by atoms with E-state index in [2.05, 4.69) is 97.7 Å². The van der Waals surface area contributed by atoms with E-state index in [9.17, 15) is 9.90 Å². The molecule has 0 aliphatic rings. The van der Waals surface area contributed by atoms with Gasteiger partial charge in [0, 0.05) is 110 Å². The van der Waals surface area contributed by atoms with Crippen LogP contribution in [0.5, 0.6) is 46.0 Å². The van der Waals surface area contributed by atoms with Crippen LogP contribution in [0.1, 0.15) is 89.7 Å². The van der Waals surface area contributed by atoms with Crippen LogP contribution in [-0.4, -0.2) is 182 Å². The van der Waals surface area contributed by atoms with Gasteiger partial charge in [0.15, 0.2) is 46.0 Å². The maximum atomic E-state index is 11.7. The van der Waals surface area contributed by atoms with Gasteiger partial charge < -0.3 is 80.7 Å². The molecule has 0 aliphatic heterocycles. The number of hydrogen-bond acceptors (Lipinski definition) is 27. The summed E-state index contributed by atoms with van der Waals surface area (Å²) in [5.41, 5.74) is 10.9. The number of carbonyl (C=O) groups excluding carboxylic acids is 1. The summed E-state index contributed by atoms with van der Waals surface area (Å²) in [6.07, 6.45) is 12.1. The molecule has 0 amide bonds. The Morgan fingerprint density at radius 2 is 0.866 bits per heavy atom. The van der Waals surface area contributed by atoms with Gasteiger partial charge in [0.05, 0.1) is 72.1 Å². The van der Waals surface area contributed by atoms with Crippen molar-refractivity contribution >= 4 is 38.5 Å². The highest BCUT2D eigenvalue weighted by Gasteiger charge is 2.24. The normalized spacial score (nSPS) is 11.1.